The Hall–Kier alpha value is -3.67. The quantitative estimate of drug-likeness (QED) is 0.648. The standard InChI is InChI=1S/C22H20N2O4/c1-15(23-21(26)17-8-3-2-4-9-17)22(27)28-14-20(25)24-19-12-11-16-7-5-6-10-18(16)13-19/h2-13,15H,14H2,1H3,(H,23,26)(H,24,25)/t15-/m1/s1. The van der Waals surface area contributed by atoms with Crippen LogP contribution in [0.25, 0.3) is 10.8 Å². The summed E-state index contributed by atoms with van der Waals surface area (Å²) in [6, 6.07) is 21.0. The predicted molar refractivity (Wildman–Crippen MR) is 107 cm³/mol. The number of ether oxygens (including phenoxy) is 1. The molecule has 0 unspecified atom stereocenters. The van der Waals surface area contributed by atoms with Crippen molar-refractivity contribution in [3.8, 4) is 0 Å². The highest BCUT2D eigenvalue weighted by atomic mass is 16.5. The van der Waals surface area contributed by atoms with Crippen molar-refractivity contribution in [3.05, 3.63) is 78.4 Å². The number of hydrogen-bond donors (Lipinski definition) is 2. The number of benzene rings is 3. The summed E-state index contributed by atoms with van der Waals surface area (Å²) in [7, 11) is 0. The first-order valence-corrected chi connectivity index (χ1v) is 8.84. The van der Waals surface area contributed by atoms with E-state index < -0.39 is 24.5 Å². The monoisotopic (exact) mass is 376 g/mol. The highest BCUT2D eigenvalue weighted by Crippen LogP contribution is 2.18. The molecule has 2 N–H and O–H groups in total. The molecule has 0 saturated carbocycles. The Morgan fingerprint density at radius 1 is 0.893 bits per heavy atom. The van der Waals surface area contributed by atoms with E-state index in [-0.39, 0.29) is 5.91 Å². The number of rotatable bonds is 6. The zero-order valence-corrected chi connectivity index (χ0v) is 15.3. The molecule has 0 fully saturated rings. The number of carbonyl (C=O) groups excluding carboxylic acids is 3. The van der Waals surface area contributed by atoms with Crippen LogP contribution in [0.4, 0.5) is 5.69 Å². The van der Waals surface area contributed by atoms with Crippen LogP contribution in [0.5, 0.6) is 0 Å². The first-order valence-electron chi connectivity index (χ1n) is 8.84. The second kappa shape index (κ2) is 8.81. The van der Waals surface area contributed by atoms with Gasteiger partial charge < -0.3 is 15.4 Å². The number of esters is 1. The minimum Gasteiger partial charge on any atom is -0.454 e. The molecule has 6 heteroatoms. The molecule has 6 nitrogen and oxygen atoms in total. The Labute approximate surface area is 162 Å². The molecule has 0 saturated heterocycles. The van der Waals surface area contributed by atoms with E-state index in [1.165, 1.54) is 6.92 Å². The molecule has 3 aromatic carbocycles. The van der Waals surface area contributed by atoms with Gasteiger partial charge in [-0.25, -0.2) is 4.79 Å². The average molecular weight is 376 g/mol. The van der Waals surface area contributed by atoms with E-state index in [0.717, 1.165) is 10.8 Å². The van der Waals surface area contributed by atoms with Crippen molar-refractivity contribution < 1.29 is 19.1 Å². The zero-order chi connectivity index (χ0) is 19.9. The largest absolute Gasteiger partial charge is 0.454 e. The smallest absolute Gasteiger partial charge is 0.328 e. The fourth-order valence-corrected chi connectivity index (χ4v) is 2.65. The number of hydrogen-bond acceptors (Lipinski definition) is 4. The number of nitrogens with one attached hydrogen (secondary N) is 2. The Kier molecular flexibility index (Phi) is 6.01. The molecule has 0 spiro atoms. The van der Waals surface area contributed by atoms with Gasteiger partial charge >= 0.3 is 5.97 Å². The molecule has 0 aliphatic rings. The van der Waals surface area contributed by atoms with Crippen LogP contribution in [0, 0.1) is 0 Å². The number of anilines is 1. The second-order valence-corrected chi connectivity index (χ2v) is 6.28. The first-order chi connectivity index (χ1) is 13.5. The maximum atomic E-state index is 12.0. The lowest BCUT2D eigenvalue weighted by Gasteiger charge is -2.13. The third-order valence-electron chi connectivity index (χ3n) is 4.12. The molecule has 0 bridgehead atoms. The van der Waals surface area contributed by atoms with Crippen molar-refractivity contribution in [2.24, 2.45) is 0 Å². The minimum atomic E-state index is -0.874. The van der Waals surface area contributed by atoms with Gasteiger partial charge in [0, 0.05) is 11.3 Å². The summed E-state index contributed by atoms with van der Waals surface area (Å²) in [5.41, 5.74) is 1.06. The second-order valence-electron chi connectivity index (χ2n) is 6.28. The van der Waals surface area contributed by atoms with E-state index in [2.05, 4.69) is 10.6 Å². The van der Waals surface area contributed by atoms with Crippen LogP contribution in [-0.4, -0.2) is 30.4 Å². The molecular formula is C22H20N2O4. The van der Waals surface area contributed by atoms with Gasteiger partial charge in [-0.3, -0.25) is 9.59 Å². The van der Waals surface area contributed by atoms with Gasteiger partial charge in [-0.15, -0.1) is 0 Å². The van der Waals surface area contributed by atoms with Gasteiger partial charge in [0.25, 0.3) is 11.8 Å². The van der Waals surface area contributed by atoms with Gasteiger partial charge in [0.05, 0.1) is 0 Å². The Morgan fingerprint density at radius 2 is 1.57 bits per heavy atom. The van der Waals surface area contributed by atoms with E-state index in [9.17, 15) is 14.4 Å². The van der Waals surface area contributed by atoms with Crippen LogP contribution in [0.15, 0.2) is 72.8 Å². The summed E-state index contributed by atoms with van der Waals surface area (Å²) >= 11 is 0. The maximum Gasteiger partial charge on any atom is 0.328 e. The Morgan fingerprint density at radius 3 is 2.32 bits per heavy atom. The molecule has 142 valence electrons. The van der Waals surface area contributed by atoms with Crippen LogP contribution >= 0.6 is 0 Å². The zero-order valence-electron chi connectivity index (χ0n) is 15.3. The molecule has 3 rings (SSSR count). The van der Waals surface area contributed by atoms with Crippen molar-refractivity contribution in [2.45, 2.75) is 13.0 Å². The van der Waals surface area contributed by atoms with Crippen LogP contribution < -0.4 is 10.6 Å². The fourth-order valence-electron chi connectivity index (χ4n) is 2.65. The molecule has 2 amide bonds. The van der Waals surface area contributed by atoms with Gasteiger partial charge in [0.1, 0.15) is 6.04 Å². The van der Waals surface area contributed by atoms with Crippen LogP contribution in [0.2, 0.25) is 0 Å². The van der Waals surface area contributed by atoms with E-state index in [0.29, 0.717) is 11.3 Å². The topological polar surface area (TPSA) is 84.5 Å². The Balaban J connectivity index is 1.49. The molecule has 0 heterocycles. The molecule has 3 aromatic rings. The lowest BCUT2D eigenvalue weighted by Crippen LogP contribution is -2.40. The first kappa shape index (κ1) is 19.1. The summed E-state index contributed by atoms with van der Waals surface area (Å²) in [5.74, 6) is -1.52. The summed E-state index contributed by atoms with van der Waals surface area (Å²) in [6.07, 6.45) is 0. The highest BCUT2D eigenvalue weighted by Gasteiger charge is 2.19. The van der Waals surface area contributed by atoms with Gasteiger partial charge in [0.15, 0.2) is 6.61 Å². The van der Waals surface area contributed by atoms with E-state index in [1.54, 1.807) is 36.4 Å². The lowest BCUT2D eigenvalue weighted by atomic mass is 10.1. The number of carbonyl (C=O) groups is 3. The third kappa shape index (κ3) is 4.94. The molecule has 0 aliphatic carbocycles. The molecule has 0 aliphatic heterocycles. The van der Waals surface area contributed by atoms with E-state index >= 15 is 0 Å². The molecule has 1 atom stereocenters. The van der Waals surface area contributed by atoms with Crippen LogP contribution in [-0.2, 0) is 14.3 Å². The van der Waals surface area contributed by atoms with Crippen LogP contribution in [0.1, 0.15) is 17.3 Å². The molecule has 0 radical (unpaired) electrons. The maximum absolute atomic E-state index is 12.0. The normalized spacial score (nSPS) is 11.5. The lowest BCUT2D eigenvalue weighted by molar-refractivity contribution is -0.148. The molecule has 28 heavy (non-hydrogen) atoms. The van der Waals surface area contributed by atoms with Crippen molar-refractivity contribution >= 4 is 34.2 Å². The predicted octanol–water partition coefficient (Wildman–Crippen LogP) is 3.14. The number of fused-ring (bicyclic) bond motifs is 1. The van der Waals surface area contributed by atoms with E-state index in [1.807, 2.05) is 36.4 Å². The molecule has 0 aromatic heterocycles. The van der Waals surface area contributed by atoms with Crippen molar-refractivity contribution in [1.29, 1.82) is 0 Å². The van der Waals surface area contributed by atoms with Gasteiger partial charge in [-0.1, -0.05) is 48.5 Å². The Bertz CT molecular complexity index is 1000. The van der Waals surface area contributed by atoms with Gasteiger partial charge in [0.2, 0.25) is 0 Å². The average Bonchev–Trinajstić information content (AvgIpc) is 2.72. The van der Waals surface area contributed by atoms with Crippen molar-refractivity contribution in [2.75, 3.05) is 11.9 Å². The SMILES string of the molecule is C[C@@H](NC(=O)c1ccccc1)C(=O)OCC(=O)Nc1ccc2ccccc2c1. The molecular weight excluding hydrogens is 356 g/mol. The summed E-state index contributed by atoms with van der Waals surface area (Å²) in [6.45, 7) is 1.07. The van der Waals surface area contributed by atoms with E-state index in [4.69, 9.17) is 4.74 Å². The summed E-state index contributed by atoms with van der Waals surface area (Å²) < 4.78 is 5.00. The van der Waals surface area contributed by atoms with Gasteiger partial charge in [-0.05, 0) is 42.0 Å². The summed E-state index contributed by atoms with van der Waals surface area (Å²) in [5, 5.41) is 7.30. The third-order valence-corrected chi connectivity index (χ3v) is 4.12. The van der Waals surface area contributed by atoms with Crippen molar-refractivity contribution in [1.82, 2.24) is 5.32 Å². The van der Waals surface area contributed by atoms with Crippen LogP contribution in [0.3, 0.4) is 0 Å². The summed E-state index contributed by atoms with van der Waals surface area (Å²) in [4.78, 5) is 36.1. The minimum absolute atomic E-state index is 0.384. The number of amides is 2. The van der Waals surface area contributed by atoms with Crippen molar-refractivity contribution in [3.63, 3.8) is 0 Å². The highest BCUT2D eigenvalue weighted by molar-refractivity contribution is 5.98. The fraction of sp³-hybridized carbons (Fsp3) is 0.136. The van der Waals surface area contributed by atoms with Gasteiger partial charge in [-0.2, -0.15) is 0 Å².